The molecule has 1 fully saturated rings. The molecule has 1 saturated heterocycles. The minimum absolute atomic E-state index is 0.317. The Hall–Kier alpha value is -1.59. The van der Waals surface area contributed by atoms with Crippen molar-refractivity contribution in [2.24, 2.45) is 0 Å². The van der Waals surface area contributed by atoms with Crippen LogP contribution in [0.25, 0.3) is 0 Å². The lowest BCUT2D eigenvalue weighted by Gasteiger charge is -2.31. The maximum Gasteiger partial charge on any atom is 0.338 e. The van der Waals surface area contributed by atoms with Gasteiger partial charge in [0.1, 0.15) is 6.04 Å². The zero-order valence-corrected chi connectivity index (χ0v) is 9.99. The summed E-state index contributed by atoms with van der Waals surface area (Å²) in [5.41, 5.74) is 3.75. The van der Waals surface area contributed by atoms with E-state index in [0.717, 1.165) is 5.56 Å². The van der Waals surface area contributed by atoms with Crippen molar-refractivity contribution in [3.63, 3.8) is 0 Å². The summed E-state index contributed by atoms with van der Waals surface area (Å²) in [4.78, 5) is 22.7. The smallest absolute Gasteiger partial charge is 0.275 e. The molecule has 0 saturated carbocycles. The molecule has 17 heavy (non-hydrogen) atoms. The Balaban J connectivity index is 2.06. The summed E-state index contributed by atoms with van der Waals surface area (Å²) < 4.78 is 0. The van der Waals surface area contributed by atoms with Crippen molar-refractivity contribution in [3.05, 3.63) is 34.9 Å². The lowest BCUT2D eigenvalue weighted by molar-refractivity contribution is -0.124. The van der Waals surface area contributed by atoms with Crippen molar-refractivity contribution in [1.82, 2.24) is 15.8 Å². The molecule has 2 rings (SSSR count). The highest BCUT2D eigenvalue weighted by molar-refractivity contribution is 6.30. The Morgan fingerprint density at radius 3 is 2.59 bits per heavy atom. The molecule has 5 nitrogen and oxygen atoms in total. The molecule has 0 aromatic heterocycles. The van der Waals surface area contributed by atoms with Crippen LogP contribution in [0.15, 0.2) is 24.3 Å². The minimum Gasteiger partial charge on any atom is -0.275 e. The van der Waals surface area contributed by atoms with Crippen molar-refractivity contribution in [1.29, 1.82) is 0 Å². The summed E-state index contributed by atoms with van der Waals surface area (Å²) in [5.74, 6) is -0.317. The van der Waals surface area contributed by atoms with E-state index < -0.39 is 12.1 Å². The summed E-state index contributed by atoms with van der Waals surface area (Å²) in [5, 5.41) is 4.29. The summed E-state index contributed by atoms with van der Waals surface area (Å²) in [7, 11) is 0. The maximum atomic E-state index is 11.5. The van der Waals surface area contributed by atoms with Gasteiger partial charge in [0.05, 0.1) is 6.54 Å². The van der Waals surface area contributed by atoms with Gasteiger partial charge in [-0.15, -0.1) is 0 Å². The van der Waals surface area contributed by atoms with E-state index in [4.69, 9.17) is 11.6 Å². The second-order valence-electron chi connectivity index (χ2n) is 3.86. The molecular weight excluding hydrogens is 242 g/mol. The fourth-order valence-electron chi connectivity index (χ4n) is 1.52. The molecule has 6 heteroatoms. The zero-order valence-electron chi connectivity index (χ0n) is 9.24. The third-order valence-electron chi connectivity index (χ3n) is 2.47. The van der Waals surface area contributed by atoms with Crippen LogP contribution >= 0.6 is 11.6 Å². The highest BCUT2D eigenvalue weighted by Gasteiger charge is 2.28. The molecule has 1 heterocycles. The first-order chi connectivity index (χ1) is 8.06. The normalized spacial score (nSPS) is 20.4. The van der Waals surface area contributed by atoms with Crippen LogP contribution in [0.3, 0.4) is 0 Å². The van der Waals surface area contributed by atoms with Gasteiger partial charge in [-0.25, -0.2) is 10.2 Å². The van der Waals surface area contributed by atoms with Crippen molar-refractivity contribution in [2.45, 2.75) is 19.5 Å². The van der Waals surface area contributed by atoms with E-state index in [2.05, 4.69) is 10.7 Å². The number of nitrogens with zero attached hydrogens (tertiary/aromatic N) is 1. The van der Waals surface area contributed by atoms with Crippen molar-refractivity contribution in [3.8, 4) is 0 Å². The number of hydrazine groups is 1. The van der Waals surface area contributed by atoms with Gasteiger partial charge in [0.15, 0.2) is 0 Å². The average Bonchev–Trinajstić information content (AvgIpc) is 2.29. The van der Waals surface area contributed by atoms with Crippen LogP contribution in [-0.2, 0) is 11.3 Å². The van der Waals surface area contributed by atoms with Crippen LogP contribution in [0.4, 0.5) is 4.79 Å². The van der Waals surface area contributed by atoms with Crippen LogP contribution in [-0.4, -0.2) is 23.0 Å². The van der Waals surface area contributed by atoms with E-state index in [-0.39, 0.29) is 5.91 Å². The van der Waals surface area contributed by atoms with Gasteiger partial charge in [0.25, 0.3) is 0 Å². The number of rotatable bonds is 2. The number of hydrogen-bond donors (Lipinski definition) is 2. The van der Waals surface area contributed by atoms with Gasteiger partial charge in [-0.05, 0) is 24.6 Å². The molecule has 3 amide bonds. The monoisotopic (exact) mass is 253 g/mol. The number of nitrogens with one attached hydrogen (secondary N) is 2. The second-order valence-corrected chi connectivity index (χ2v) is 4.29. The Bertz CT molecular complexity index is 447. The second kappa shape index (κ2) is 4.73. The van der Waals surface area contributed by atoms with Crippen molar-refractivity contribution >= 4 is 23.5 Å². The molecule has 0 aliphatic carbocycles. The highest BCUT2D eigenvalue weighted by atomic mass is 35.5. The van der Waals surface area contributed by atoms with E-state index in [0.29, 0.717) is 11.6 Å². The van der Waals surface area contributed by atoms with Gasteiger partial charge in [0.2, 0.25) is 5.91 Å². The van der Waals surface area contributed by atoms with Gasteiger partial charge in [-0.3, -0.25) is 15.1 Å². The SMILES string of the molecule is CC1NN(Cc2ccc(Cl)cc2)C(=O)NC1=O. The van der Waals surface area contributed by atoms with Crippen LogP contribution in [0.2, 0.25) is 5.02 Å². The quantitative estimate of drug-likeness (QED) is 0.835. The van der Waals surface area contributed by atoms with Gasteiger partial charge < -0.3 is 0 Å². The number of hydrogen-bond acceptors (Lipinski definition) is 3. The van der Waals surface area contributed by atoms with Gasteiger partial charge >= 0.3 is 6.03 Å². The first-order valence-corrected chi connectivity index (χ1v) is 5.57. The fourth-order valence-corrected chi connectivity index (χ4v) is 1.65. The van der Waals surface area contributed by atoms with Gasteiger partial charge in [-0.2, -0.15) is 0 Å². The fraction of sp³-hybridized carbons (Fsp3) is 0.273. The standard InChI is InChI=1S/C11H12ClN3O2/c1-7-10(16)13-11(17)15(14-7)6-8-2-4-9(12)5-3-8/h2-5,7,14H,6H2,1H3,(H,13,16,17). The van der Waals surface area contributed by atoms with E-state index in [1.807, 2.05) is 12.1 Å². The molecular formula is C11H12ClN3O2. The third-order valence-corrected chi connectivity index (χ3v) is 2.72. The minimum atomic E-state index is -0.442. The average molecular weight is 254 g/mol. The number of carbonyl (C=O) groups is 2. The Morgan fingerprint density at radius 1 is 1.29 bits per heavy atom. The topological polar surface area (TPSA) is 61.4 Å². The summed E-state index contributed by atoms with van der Waals surface area (Å²) >= 11 is 5.77. The van der Waals surface area contributed by atoms with Gasteiger partial charge in [0, 0.05) is 5.02 Å². The third kappa shape index (κ3) is 2.75. The molecule has 1 aliphatic rings. The molecule has 0 spiro atoms. The number of amides is 3. The molecule has 1 aromatic rings. The lowest BCUT2D eigenvalue weighted by Crippen LogP contribution is -2.62. The Labute approximate surface area is 104 Å². The Morgan fingerprint density at radius 2 is 1.94 bits per heavy atom. The number of carbonyl (C=O) groups excluding carboxylic acids is 2. The molecule has 2 N–H and O–H groups in total. The van der Waals surface area contributed by atoms with Gasteiger partial charge in [-0.1, -0.05) is 23.7 Å². The van der Waals surface area contributed by atoms with Crippen LogP contribution in [0.5, 0.6) is 0 Å². The van der Waals surface area contributed by atoms with E-state index in [9.17, 15) is 9.59 Å². The summed E-state index contributed by atoms with van der Waals surface area (Å²) in [6.45, 7) is 2.07. The molecule has 0 radical (unpaired) electrons. The van der Waals surface area contributed by atoms with E-state index in [1.54, 1.807) is 19.1 Å². The predicted molar refractivity (Wildman–Crippen MR) is 63.1 cm³/mol. The van der Waals surface area contributed by atoms with Crippen LogP contribution in [0.1, 0.15) is 12.5 Å². The number of halogens is 1. The largest absolute Gasteiger partial charge is 0.338 e. The van der Waals surface area contributed by atoms with Crippen molar-refractivity contribution in [2.75, 3.05) is 0 Å². The summed E-state index contributed by atoms with van der Waals surface area (Å²) in [6.07, 6.45) is 0. The predicted octanol–water partition coefficient (Wildman–Crippen LogP) is 1.28. The van der Waals surface area contributed by atoms with Crippen LogP contribution in [0, 0.1) is 0 Å². The zero-order chi connectivity index (χ0) is 12.4. The molecule has 1 atom stereocenters. The lowest BCUT2D eigenvalue weighted by atomic mass is 10.2. The maximum absolute atomic E-state index is 11.5. The molecule has 1 aliphatic heterocycles. The van der Waals surface area contributed by atoms with E-state index >= 15 is 0 Å². The Kier molecular flexibility index (Phi) is 3.31. The first-order valence-electron chi connectivity index (χ1n) is 5.19. The number of benzene rings is 1. The molecule has 90 valence electrons. The van der Waals surface area contributed by atoms with Crippen molar-refractivity contribution < 1.29 is 9.59 Å². The highest BCUT2D eigenvalue weighted by Crippen LogP contribution is 2.11. The molecule has 1 aromatic carbocycles. The number of imide groups is 1. The van der Waals surface area contributed by atoms with Crippen LogP contribution < -0.4 is 10.7 Å². The van der Waals surface area contributed by atoms with E-state index in [1.165, 1.54) is 5.01 Å². The molecule has 0 bridgehead atoms. The summed E-state index contributed by atoms with van der Waals surface area (Å²) in [6, 6.07) is 6.32. The first kappa shape index (κ1) is 11.9. The molecule has 1 unspecified atom stereocenters. The number of urea groups is 1.